The first kappa shape index (κ1) is 14.1. The summed E-state index contributed by atoms with van der Waals surface area (Å²) >= 11 is 1.60. The fourth-order valence-electron chi connectivity index (χ4n) is 1.30. The number of amides is 1. The summed E-state index contributed by atoms with van der Waals surface area (Å²) in [6.07, 6.45) is 0. The smallest absolute Gasteiger partial charge is 0.232 e. The molecule has 0 bridgehead atoms. The Morgan fingerprint density at radius 1 is 1.41 bits per heavy atom. The van der Waals surface area contributed by atoms with Gasteiger partial charge in [-0.25, -0.2) is 0 Å². The van der Waals surface area contributed by atoms with Crippen LogP contribution in [0.15, 0.2) is 30.3 Å². The molecular formula is C13H19NO2S. The maximum absolute atomic E-state index is 11.7. The van der Waals surface area contributed by atoms with Gasteiger partial charge < -0.3 is 10.0 Å². The van der Waals surface area contributed by atoms with Crippen molar-refractivity contribution in [3.63, 3.8) is 0 Å². The fraction of sp³-hybridized carbons (Fsp3) is 0.462. The normalized spacial score (nSPS) is 12.2. The SMILES string of the molecule is CC(CO)N(C)C(=O)CSCc1ccccc1. The van der Waals surface area contributed by atoms with E-state index >= 15 is 0 Å². The second-order valence-electron chi connectivity index (χ2n) is 4.01. The maximum Gasteiger partial charge on any atom is 0.232 e. The number of hydrogen-bond acceptors (Lipinski definition) is 3. The Hall–Kier alpha value is -1.00. The fourth-order valence-corrected chi connectivity index (χ4v) is 2.21. The largest absolute Gasteiger partial charge is 0.394 e. The average molecular weight is 253 g/mol. The van der Waals surface area contributed by atoms with Gasteiger partial charge in [0.1, 0.15) is 0 Å². The van der Waals surface area contributed by atoms with Gasteiger partial charge in [-0.1, -0.05) is 30.3 Å². The van der Waals surface area contributed by atoms with Crippen LogP contribution < -0.4 is 0 Å². The second-order valence-corrected chi connectivity index (χ2v) is 5.00. The number of thioether (sulfide) groups is 1. The summed E-state index contributed by atoms with van der Waals surface area (Å²) in [6, 6.07) is 9.97. The van der Waals surface area contributed by atoms with Crippen molar-refractivity contribution in [3.05, 3.63) is 35.9 Å². The molecule has 1 aromatic carbocycles. The highest BCUT2D eigenvalue weighted by Crippen LogP contribution is 2.12. The van der Waals surface area contributed by atoms with Crippen molar-refractivity contribution >= 4 is 17.7 Å². The summed E-state index contributed by atoms with van der Waals surface area (Å²) in [4.78, 5) is 13.3. The summed E-state index contributed by atoms with van der Waals surface area (Å²) < 4.78 is 0. The van der Waals surface area contributed by atoms with E-state index in [1.165, 1.54) is 5.56 Å². The van der Waals surface area contributed by atoms with Crippen LogP contribution in [0.2, 0.25) is 0 Å². The Morgan fingerprint density at radius 3 is 2.65 bits per heavy atom. The van der Waals surface area contributed by atoms with Gasteiger partial charge in [-0.15, -0.1) is 11.8 Å². The Balaban J connectivity index is 2.29. The first-order valence-corrected chi connectivity index (χ1v) is 6.78. The molecule has 0 aliphatic heterocycles. The average Bonchev–Trinajstić information content (AvgIpc) is 2.38. The Kier molecular flexibility index (Phi) is 6.08. The first-order valence-electron chi connectivity index (χ1n) is 5.63. The molecular weight excluding hydrogens is 234 g/mol. The Labute approximate surface area is 107 Å². The van der Waals surface area contributed by atoms with Crippen molar-refractivity contribution in [1.82, 2.24) is 4.90 Å². The third-order valence-corrected chi connectivity index (χ3v) is 3.64. The molecule has 0 radical (unpaired) electrons. The van der Waals surface area contributed by atoms with Crippen LogP contribution in [0.25, 0.3) is 0 Å². The molecule has 0 aliphatic carbocycles. The van der Waals surface area contributed by atoms with Gasteiger partial charge in [0.25, 0.3) is 0 Å². The summed E-state index contributed by atoms with van der Waals surface area (Å²) in [5.74, 6) is 1.36. The van der Waals surface area contributed by atoms with Crippen LogP contribution in [0.5, 0.6) is 0 Å². The van der Waals surface area contributed by atoms with Crippen LogP contribution in [0, 0.1) is 0 Å². The van der Waals surface area contributed by atoms with Gasteiger partial charge in [0.05, 0.1) is 18.4 Å². The summed E-state index contributed by atoms with van der Waals surface area (Å²) in [6.45, 7) is 1.84. The topological polar surface area (TPSA) is 40.5 Å². The summed E-state index contributed by atoms with van der Waals surface area (Å²) in [5.41, 5.74) is 1.23. The Bertz CT molecular complexity index is 343. The summed E-state index contributed by atoms with van der Waals surface area (Å²) in [7, 11) is 1.73. The number of aliphatic hydroxyl groups is 1. The van der Waals surface area contributed by atoms with Crippen molar-refractivity contribution in [2.75, 3.05) is 19.4 Å². The van der Waals surface area contributed by atoms with E-state index in [0.29, 0.717) is 5.75 Å². The minimum atomic E-state index is -0.111. The number of carbonyl (C=O) groups excluding carboxylic acids is 1. The number of benzene rings is 1. The number of likely N-dealkylation sites (N-methyl/N-ethyl adjacent to an activating group) is 1. The molecule has 94 valence electrons. The van der Waals surface area contributed by atoms with E-state index < -0.39 is 0 Å². The number of rotatable bonds is 6. The molecule has 1 unspecified atom stereocenters. The molecule has 1 aromatic rings. The molecule has 3 nitrogen and oxygen atoms in total. The molecule has 17 heavy (non-hydrogen) atoms. The lowest BCUT2D eigenvalue weighted by Gasteiger charge is -2.22. The van der Waals surface area contributed by atoms with Crippen LogP contribution in [-0.4, -0.2) is 41.4 Å². The second kappa shape index (κ2) is 7.35. The lowest BCUT2D eigenvalue weighted by Crippen LogP contribution is -2.38. The van der Waals surface area contributed by atoms with E-state index in [0.717, 1.165) is 5.75 Å². The lowest BCUT2D eigenvalue weighted by atomic mass is 10.2. The molecule has 0 aliphatic rings. The van der Waals surface area contributed by atoms with Crippen LogP contribution in [0.3, 0.4) is 0 Å². The Morgan fingerprint density at radius 2 is 2.06 bits per heavy atom. The van der Waals surface area contributed by atoms with Gasteiger partial charge in [0.2, 0.25) is 5.91 Å². The van der Waals surface area contributed by atoms with Gasteiger partial charge in [0, 0.05) is 12.8 Å². The van der Waals surface area contributed by atoms with Crippen LogP contribution in [0.4, 0.5) is 0 Å². The molecule has 0 saturated carbocycles. The van der Waals surface area contributed by atoms with Crippen LogP contribution in [0.1, 0.15) is 12.5 Å². The van der Waals surface area contributed by atoms with E-state index in [1.54, 1.807) is 23.7 Å². The van der Waals surface area contributed by atoms with Gasteiger partial charge in [-0.2, -0.15) is 0 Å². The number of hydrogen-bond donors (Lipinski definition) is 1. The van der Waals surface area contributed by atoms with Crippen molar-refractivity contribution in [3.8, 4) is 0 Å². The third kappa shape index (κ3) is 4.79. The van der Waals surface area contributed by atoms with Crippen molar-refractivity contribution in [2.24, 2.45) is 0 Å². The monoisotopic (exact) mass is 253 g/mol. The molecule has 1 N–H and O–H groups in total. The van der Waals surface area contributed by atoms with E-state index in [4.69, 9.17) is 5.11 Å². The highest BCUT2D eigenvalue weighted by Gasteiger charge is 2.14. The highest BCUT2D eigenvalue weighted by molar-refractivity contribution is 7.99. The molecule has 0 saturated heterocycles. The molecule has 0 heterocycles. The van der Waals surface area contributed by atoms with E-state index in [9.17, 15) is 4.79 Å². The standard InChI is InChI=1S/C13H19NO2S/c1-11(8-15)14(2)13(16)10-17-9-12-6-4-3-5-7-12/h3-7,11,15H,8-10H2,1-2H3. The van der Waals surface area contributed by atoms with Gasteiger partial charge in [0.15, 0.2) is 0 Å². The van der Waals surface area contributed by atoms with Gasteiger partial charge in [-0.3, -0.25) is 4.79 Å². The molecule has 0 aromatic heterocycles. The first-order chi connectivity index (χ1) is 8.15. The number of nitrogens with zero attached hydrogens (tertiary/aromatic N) is 1. The molecule has 0 spiro atoms. The van der Waals surface area contributed by atoms with Crippen molar-refractivity contribution < 1.29 is 9.90 Å². The van der Waals surface area contributed by atoms with Gasteiger partial charge in [-0.05, 0) is 12.5 Å². The zero-order valence-electron chi connectivity index (χ0n) is 10.3. The van der Waals surface area contributed by atoms with E-state index in [2.05, 4.69) is 12.1 Å². The predicted octanol–water partition coefficient (Wildman–Crippen LogP) is 1.76. The minimum absolute atomic E-state index is 0.00555. The van der Waals surface area contributed by atoms with E-state index in [1.807, 2.05) is 25.1 Å². The van der Waals surface area contributed by atoms with E-state index in [-0.39, 0.29) is 18.6 Å². The zero-order chi connectivity index (χ0) is 12.7. The van der Waals surface area contributed by atoms with Gasteiger partial charge >= 0.3 is 0 Å². The third-order valence-electron chi connectivity index (χ3n) is 2.66. The van der Waals surface area contributed by atoms with Crippen LogP contribution in [-0.2, 0) is 10.5 Å². The minimum Gasteiger partial charge on any atom is -0.394 e. The highest BCUT2D eigenvalue weighted by atomic mass is 32.2. The molecule has 4 heteroatoms. The molecule has 1 rings (SSSR count). The zero-order valence-corrected chi connectivity index (χ0v) is 11.1. The van der Waals surface area contributed by atoms with Crippen LogP contribution >= 0.6 is 11.8 Å². The quantitative estimate of drug-likeness (QED) is 0.840. The maximum atomic E-state index is 11.7. The van der Waals surface area contributed by atoms with Crippen molar-refractivity contribution in [2.45, 2.75) is 18.7 Å². The molecule has 1 atom stereocenters. The lowest BCUT2D eigenvalue weighted by molar-refractivity contribution is -0.129. The number of carbonyl (C=O) groups is 1. The molecule has 1 amide bonds. The number of aliphatic hydroxyl groups excluding tert-OH is 1. The predicted molar refractivity (Wildman–Crippen MR) is 71.9 cm³/mol. The summed E-state index contributed by atoms with van der Waals surface area (Å²) in [5, 5.41) is 8.96. The molecule has 0 fully saturated rings. The van der Waals surface area contributed by atoms with Crippen molar-refractivity contribution in [1.29, 1.82) is 0 Å².